The minimum Gasteiger partial charge on any atom is -0.435 e. The Morgan fingerprint density at radius 2 is 2.24 bits per heavy atom. The number of benzene rings is 1. The van der Waals surface area contributed by atoms with Crippen LogP contribution in [0.25, 0.3) is 4.96 Å². The molecule has 1 atom stereocenters. The SMILES string of the molecule is NC(Cc1cn2ccsc2n1)c1cccc(OC(F)F)c1. The summed E-state index contributed by atoms with van der Waals surface area (Å²) < 4.78 is 30.8. The third-order valence-electron chi connectivity index (χ3n) is 3.08. The van der Waals surface area contributed by atoms with Gasteiger partial charge < -0.3 is 10.5 Å². The lowest BCUT2D eigenvalue weighted by Crippen LogP contribution is -2.14. The van der Waals surface area contributed by atoms with Crippen LogP contribution in [0.4, 0.5) is 8.78 Å². The molecule has 110 valence electrons. The van der Waals surface area contributed by atoms with Crippen LogP contribution < -0.4 is 10.5 Å². The number of alkyl halides is 2. The third-order valence-corrected chi connectivity index (χ3v) is 3.85. The smallest absolute Gasteiger partial charge is 0.387 e. The Labute approximate surface area is 123 Å². The first-order valence-electron chi connectivity index (χ1n) is 6.33. The molecular formula is C14H13F2N3OS. The van der Waals surface area contributed by atoms with Crippen molar-refractivity contribution in [2.45, 2.75) is 19.1 Å². The molecule has 3 aromatic rings. The topological polar surface area (TPSA) is 52.5 Å². The fourth-order valence-electron chi connectivity index (χ4n) is 2.14. The minimum absolute atomic E-state index is 0.115. The van der Waals surface area contributed by atoms with Crippen molar-refractivity contribution in [3.63, 3.8) is 0 Å². The molecule has 1 unspecified atom stereocenters. The summed E-state index contributed by atoms with van der Waals surface area (Å²) in [6, 6.07) is 6.14. The molecular weight excluding hydrogens is 296 g/mol. The van der Waals surface area contributed by atoms with Crippen LogP contribution in [-0.4, -0.2) is 16.0 Å². The van der Waals surface area contributed by atoms with E-state index in [1.165, 1.54) is 12.1 Å². The van der Waals surface area contributed by atoms with Crippen LogP contribution >= 0.6 is 11.3 Å². The largest absolute Gasteiger partial charge is 0.435 e. The molecule has 0 fully saturated rings. The summed E-state index contributed by atoms with van der Waals surface area (Å²) in [6.45, 7) is -2.84. The predicted molar refractivity (Wildman–Crippen MR) is 76.8 cm³/mol. The Bertz CT molecular complexity index is 712. The van der Waals surface area contributed by atoms with Gasteiger partial charge in [-0.25, -0.2) is 4.98 Å². The highest BCUT2D eigenvalue weighted by Crippen LogP contribution is 2.22. The zero-order valence-corrected chi connectivity index (χ0v) is 11.8. The number of thiazole rings is 1. The van der Waals surface area contributed by atoms with Gasteiger partial charge in [-0.05, 0) is 17.7 Å². The number of hydrogen-bond donors (Lipinski definition) is 1. The molecule has 1 aromatic carbocycles. The number of rotatable bonds is 5. The highest BCUT2D eigenvalue weighted by molar-refractivity contribution is 7.15. The summed E-state index contributed by atoms with van der Waals surface area (Å²) >= 11 is 1.55. The van der Waals surface area contributed by atoms with Crippen molar-refractivity contribution in [1.82, 2.24) is 9.38 Å². The molecule has 21 heavy (non-hydrogen) atoms. The summed E-state index contributed by atoms with van der Waals surface area (Å²) in [4.78, 5) is 5.37. The molecule has 0 spiro atoms. The van der Waals surface area contributed by atoms with Crippen molar-refractivity contribution < 1.29 is 13.5 Å². The molecule has 0 aliphatic rings. The normalized spacial score (nSPS) is 13.0. The molecule has 0 aliphatic heterocycles. The Morgan fingerprint density at radius 3 is 3.00 bits per heavy atom. The maximum atomic E-state index is 12.2. The second-order valence-electron chi connectivity index (χ2n) is 4.59. The summed E-state index contributed by atoms with van der Waals surface area (Å²) in [5, 5.41) is 1.96. The van der Waals surface area contributed by atoms with Crippen molar-refractivity contribution in [3.05, 3.63) is 53.3 Å². The van der Waals surface area contributed by atoms with Gasteiger partial charge in [-0.2, -0.15) is 8.78 Å². The quantitative estimate of drug-likeness (QED) is 0.787. The molecule has 2 heterocycles. The maximum absolute atomic E-state index is 12.2. The molecule has 2 aromatic heterocycles. The van der Waals surface area contributed by atoms with Crippen molar-refractivity contribution in [2.75, 3.05) is 0 Å². The summed E-state index contributed by atoms with van der Waals surface area (Å²) in [6.07, 6.45) is 4.39. The minimum atomic E-state index is -2.84. The second-order valence-corrected chi connectivity index (χ2v) is 5.46. The number of ether oxygens (including phenoxy) is 1. The molecule has 0 amide bonds. The number of nitrogens with two attached hydrogens (primary N) is 1. The number of hydrogen-bond acceptors (Lipinski definition) is 4. The lowest BCUT2D eigenvalue weighted by atomic mass is 10.0. The first kappa shape index (κ1) is 14.0. The summed E-state index contributed by atoms with van der Waals surface area (Å²) in [5.41, 5.74) is 7.74. The Balaban J connectivity index is 1.75. The average Bonchev–Trinajstić information content (AvgIpc) is 2.99. The van der Waals surface area contributed by atoms with Gasteiger partial charge in [-0.3, -0.25) is 4.40 Å². The summed E-state index contributed by atoms with van der Waals surface area (Å²) in [5.74, 6) is 0.115. The van der Waals surface area contributed by atoms with Crippen molar-refractivity contribution in [2.24, 2.45) is 5.73 Å². The average molecular weight is 309 g/mol. The van der Waals surface area contributed by atoms with Gasteiger partial charge in [0.05, 0.1) is 5.69 Å². The van der Waals surface area contributed by atoms with Crippen molar-refractivity contribution in [3.8, 4) is 5.75 Å². The van der Waals surface area contributed by atoms with Gasteiger partial charge in [0.1, 0.15) is 5.75 Å². The highest BCUT2D eigenvalue weighted by atomic mass is 32.1. The molecule has 3 rings (SSSR count). The zero-order valence-electron chi connectivity index (χ0n) is 10.9. The van der Waals surface area contributed by atoms with E-state index in [4.69, 9.17) is 5.73 Å². The van der Waals surface area contributed by atoms with Crippen LogP contribution in [0.2, 0.25) is 0 Å². The Morgan fingerprint density at radius 1 is 1.38 bits per heavy atom. The van der Waals surface area contributed by atoms with E-state index in [1.54, 1.807) is 23.5 Å². The lowest BCUT2D eigenvalue weighted by molar-refractivity contribution is -0.0499. The first-order valence-corrected chi connectivity index (χ1v) is 7.21. The van der Waals surface area contributed by atoms with E-state index in [0.29, 0.717) is 6.42 Å². The maximum Gasteiger partial charge on any atom is 0.387 e. The third kappa shape index (κ3) is 3.20. The van der Waals surface area contributed by atoms with E-state index >= 15 is 0 Å². The predicted octanol–water partition coefficient (Wildman–Crippen LogP) is 3.24. The molecule has 7 heteroatoms. The Hall–Kier alpha value is -1.99. The number of imidazole rings is 1. The van der Waals surface area contributed by atoms with Crippen LogP contribution in [0, 0.1) is 0 Å². The van der Waals surface area contributed by atoms with Crippen LogP contribution in [0.5, 0.6) is 5.75 Å². The van der Waals surface area contributed by atoms with E-state index in [9.17, 15) is 8.78 Å². The van der Waals surface area contributed by atoms with E-state index in [0.717, 1.165) is 16.2 Å². The van der Waals surface area contributed by atoms with Gasteiger partial charge in [0.25, 0.3) is 0 Å². The molecule has 0 saturated carbocycles. The van der Waals surface area contributed by atoms with Gasteiger partial charge in [-0.15, -0.1) is 11.3 Å². The standard InChI is InChI=1S/C14H13F2N3OS/c15-13(16)20-11-3-1-2-9(6-11)12(17)7-10-8-19-4-5-21-14(19)18-10/h1-6,8,12-13H,7,17H2. The van der Waals surface area contributed by atoms with E-state index in [1.807, 2.05) is 22.2 Å². The van der Waals surface area contributed by atoms with Crippen LogP contribution in [0.1, 0.15) is 17.3 Å². The number of halogens is 2. The number of nitrogens with zero attached hydrogens (tertiary/aromatic N) is 2. The van der Waals surface area contributed by atoms with Crippen LogP contribution in [0.15, 0.2) is 42.0 Å². The lowest BCUT2D eigenvalue weighted by Gasteiger charge is -2.12. The first-order chi connectivity index (χ1) is 10.1. The Kier molecular flexibility index (Phi) is 3.85. The van der Waals surface area contributed by atoms with Gasteiger partial charge in [0, 0.05) is 30.2 Å². The molecule has 0 saturated heterocycles. The summed E-state index contributed by atoms with van der Waals surface area (Å²) in [7, 11) is 0. The zero-order chi connectivity index (χ0) is 14.8. The molecule has 4 nitrogen and oxygen atoms in total. The van der Waals surface area contributed by atoms with Gasteiger partial charge >= 0.3 is 6.61 Å². The second kappa shape index (κ2) is 5.79. The van der Waals surface area contributed by atoms with E-state index < -0.39 is 6.61 Å². The monoisotopic (exact) mass is 309 g/mol. The van der Waals surface area contributed by atoms with Gasteiger partial charge in [-0.1, -0.05) is 12.1 Å². The molecule has 2 N–H and O–H groups in total. The fraction of sp³-hybridized carbons (Fsp3) is 0.214. The van der Waals surface area contributed by atoms with Gasteiger partial charge in [0.15, 0.2) is 4.96 Å². The molecule has 0 bridgehead atoms. The molecule has 0 aliphatic carbocycles. The van der Waals surface area contributed by atoms with E-state index in [2.05, 4.69) is 9.72 Å². The van der Waals surface area contributed by atoms with Crippen LogP contribution in [0.3, 0.4) is 0 Å². The number of fused-ring (bicyclic) bond motifs is 1. The van der Waals surface area contributed by atoms with Crippen molar-refractivity contribution in [1.29, 1.82) is 0 Å². The van der Waals surface area contributed by atoms with Crippen molar-refractivity contribution >= 4 is 16.3 Å². The fourth-order valence-corrected chi connectivity index (χ4v) is 2.86. The van der Waals surface area contributed by atoms with E-state index in [-0.39, 0.29) is 11.8 Å². The van der Waals surface area contributed by atoms with Gasteiger partial charge in [0.2, 0.25) is 0 Å². The molecule has 0 radical (unpaired) electrons. The number of aromatic nitrogens is 2. The highest BCUT2D eigenvalue weighted by Gasteiger charge is 2.12. The van der Waals surface area contributed by atoms with Crippen LogP contribution in [-0.2, 0) is 6.42 Å².